The van der Waals surface area contributed by atoms with Crippen molar-refractivity contribution in [2.75, 3.05) is 5.75 Å². The fourth-order valence-corrected chi connectivity index (χ4v) is 3.94. The van der Waals surface area contributed by atoms with E-state index in [1.807, 2.05) is 41.7 Å². The lowest BCUT2D eigenvalue weighted by molar-refractivity contribution is 0.733. The maximum atomic E-state index is 12.7. The van der Waals surface area contributed by atoms with Crippen molar-refractivity contribution >= 4 is 28.4 Å². The van der Waals surface area contributed by atoms with Gasteiger partial charge in [0, 0.05) is 12.3 Å². The first-order chi connectivity index (χ1) is 12.3. The Balaban J connectivity index is 1.75. The second-order valence-corrected chi connectivity index (χ2v) is 6.83. The SMILES string of the molecule is CCn1c(=O)c2ccccc2n2c(SCCc3ccccc3)nnc12. The highest BCUT2D eigenvalue weighted by molar-refractivity contribution is 7.99. The molecule has 126 valence electrons. The normalized spacial score (nSPS) is 11.4. The molecule has 2 aromatic carbocycles. The van der Waals surface area contributed by atoms with Crippen molar-refractivity contribution in [3.8, 4) is 0 Å². The van der Waals surface area contributed by atoms with Crippen LogP contribution in [0.2, 0.25) is 0 Å². The van der Waals surface area contributed by atoms with Gasteiger partial charge in [0.05, 0.1) is 10.9 Å². The van der Waals surface area contributed by atoms with E-state index in [4.69, 9.17) is 0 Å². The predicted molar refractivity (Wildman–Crippen MR) is 101 cm³/mol. The van der Waals surface area contributed by atoms with Gasteiger partial charge in [-0.2, -0.15) is 0 Å². The molecule has 5 nitrogen and oxygen atoms in total. The summed E-state index contributed by atoms with van der Waals surface area (Å²) in [6.45, 7) is 2.52. The molecule has 2 heterocycles. The average molecular weight is 350 g/mol. The lowest BCUT2D eigenvalue weighted by Gasteiger charge is -2.09. The number of hydrogen-bond donors (Lipinski definition) is 0. The number of thioether (sulfide) groups is 1. The molecule has 6 heteroatoms. The first kappa shape index (κ1) is 15.9. The highest BCUT2D eigenvalue weighted by atomic mass is 32.2. The number of para-hydroxylation sites is 1. The van der Waals surface area contributed by atoms with Crippen LogP contribution in [0.5, 0.6) is 0 Å². The number of aryl methyl sites for hydroxylation is 2. The summed E-state index contributed by atoms with van der Waals surface area (Å²) < 4.78 is 3.67. The van der Waals surface area contributed by atoms with Crippen LogP contribution in [-0.4, -0.2) is 24.9 Å². The molecule has 0 unspecified atom stereocenters. The molecule has 0 bridgehead atoms. The Kier molecular flexibility index (Phi) is 4.28. The smallest absolute Gasteiger partial charge is 0.262 e. The molecule has 0 aliphatic rings. The Morgan fingerprint density at radius 1 is 1.00 bits per heavy atom. The fraction of sp³-hybridized carbons (Fsp3) is 0.211. The first-order valence-corrected chi connectivity index (χ1v) is 9.31. The second kappa shape index (κ2) is 6.72. The minimum Gasteiger partial charge on any atom is -0.277 e. The summed E-state index contributed by atoms with van der Waals surface area (Å²) in [5.41, 5.74) is 2.15. The molecule has 0 saturated heterocycles. The van der Waals surface area contributed by atoms with E-state index in [-0.39, 0.29) is 5.56 Å². The van der Waals surface area contributed by atoms with E-state index in [0.29, 0.717) is 17.7 Å². The highest BCUT2D eigenvalue weighted by Gasteiger charge is 2.15. The molecule has 4 aromatic rings. The van der Waals surface area contributed by atoms with Crippen LogP contribution in [0.1, 0.15) is 12.5 Å². The standard InChI is InChI=1S/C19H18N4OS/c1-2-22-17(24)15-10-6-7-11-16(15)23-18(22)20-21-19(23)25-13-12-14-8-4-3-5-9-14/h3-11H,2,12-13H2,1H3. The number of nitrogens with zero attached hydrogens (tertiary/aromatic N) is 4. The molecule has 0 atom stereocenters. The molecular formula is C19H18N4OS. The Labute approximate surface area is 149 Å². The van der Waals surface area contributed by atoms with Gasteiger partial charge in [-0.05, 0) is 31.0 Å². The van der Waals surface area contributed by atoms with Crippen LogP contribution in [-0.2, 0) is 13.0 Å². The molecular weight excluding hydrogens is 332 g/mol. The largest absolute Gasteiger partial charge is 0.277 e. The summed E-state index contributed by atoms with van der Waals surface area (Å²) >= 11 is 1.67. The van der Waals surface area contributed by atoms with Gasteiger partial charge in [0.15, 0.2) is 5.16 Å². The van der Waals surface area contributed by atoms with Crippen LogP contribution in [0.15, 0.2) is 64.5 Å². The maximum absolute atomic E-state index is 12.7. The molecule has 0 saturated carbocycles. The van der Waals surface area contributed by atoms with Crippen LogP contribution in [0.4, 0.5) is 0 Å². The number of rotatable bonds is 5. The van der Waals surface area contributed by atoms with E-state index in [9.17, 15) is 4.79 Å². The van der Waals surface area contributed by atoms with Crippen LogP contribution in [0.25, 0.3) is 16.7 Å². The zero-order valence-electron chi connectivity index (χ0n) is 13.9. The Morgan fingerprint density at radius 3 is 2.56 bits per heavy atom. The van der Waals surface area contributed by atoms with Gasteiger partial charge in [-0.25, -0.2) is 0 Å². The van der Waals surface area contributed by atoms with Crippen LogP contribution < -0.4 is 5.56 Å². The van der Waals surface area contributed by atoms with Gasteiger partial charge in [-0.1, -0.05) is 54.2 Å². The molecule has 0 fully saturated rings. The molecule has 0 aliphatic carbocycles. The summed E-state index contributed by atoms with van der Waals surface area (Å²) in [7, 11) is 0. The Hall–Kier alpha value is -2.60. The monoisotopic (exact) mass is 350 g/mol. The van der Waals surface area contributed by atoms with E-state index >= 15 is 0 Å². The summed E-state index contributed by atoms with van der Waals surface area (Å²) in [5, 5.41) is 10.1. The average Bonchev–Trinajstić information content (AvgIpc) is 3.07. The molecule has 25 heavy (non-hydrogen) atoms. The van der Waals surface area contributed by atoms with Gasteiger partial charge in [0.1, 0.15) is 0 Å². The van der Waals surface area contributed by atoms with Crippen LogP contribution >= 0.6 is 11.8 Å². The quantitative estimate of drug-likeness (QED) is 0.518. The third kappa shape index (κ3) is 2.82. The lowest BCUT2D eigenvalue weighted by Crippen LogP contribution is -2.22. The van der Waals surface area contributed by atoms with E-state index in [1.54, 1.807) is 16.3 Å². The zero-order chi connectivity index (χ0) is 17.2. The van der Waals surface area contributed by atoms with Crippen molar-refractivity contribution < 1.29 is 0 Å². The number of aromatic nitrogens is 4. The van der Waals surface area contributed by atoms with E-state index in [1.165, 1.54) is 5.56 Å². The number of hydrogen-bond acceptors (Lipinski definition) is 4. The van der Waals surface area contributed by atoms with Crippen molar-refractivity contribution in [1.82, 2.24) is 19.2 Å². The first-order valence-electron chi connectivity index (χ1n) is 8.33. The van der Waals surface area contributed by atoms with Gasteiger partial charge >= 0.3 is 0 Å². The minimum absolute atomic E-state index is 0.0150. The molecule has 0 aliphatic heterocycles. The van der Waals surface area contributed by atoms with Crippen molar-refractivity contribution in [3.63, 3.8) is 0 Å². The minimum atomic E-state index is -0.0150. The highest BCUT2D eigenvalue weighted by Crippen LogP contribution is 2.22. The van der Waals surface area contributed by atoms with Gasteiger partial charge in [-0.15, -0.1) is 10.2 Å². The van der Waals surface area contributed by atoms with Gasteiger partial charge in [0.25, 0.3) is 5.56 Å². The molecule has 0 amide bonds. The van der Waals surface area contributed by atoms with Crippen LogP contribution in [0.3, 0.4) is 0 Å². The van der Waals surface area contributed by atoms with E-state index in [2.05, 4.69) is 34.5 Å². The lowest BCUT2D eigenvalue weighted by atomic mass is 10.2. The Bertz CT molecular complexity index is 1090. The van der Waals surface area contributed by atoms with Gasteiger partial charge in [0.2, 0.25) is 5.78 Å². The maximum Gasteiger partial charge on any atom is 0.262 e. The summed E-state index contributed by atoms with van der Waals surface area (Å²) in [5.74, 6) is 1.51. The molecule has 0 N–H and O–H groups in total. The molecule has 4 rings (SSSR count). The van der Waals surface area contributed by atoms with Crippen molar-refractivity contribution in [3.05, 3.63) is 70.5 Å². The van der Waals surface area contributed by atoms with Crippen molar-refractivity contribution in [2.45, 2.75) is 25.0 Å². The van der Waals surface area contributed by atoms with E-state index in [0.717, 1.165) is 22.8 Å². The number of benzene rings is 2. The Morgan fingerprint density at radius 2 is 1.76 bits per heavy atom. The third-order valence-electron chi connectivity index (χ3n) is 4.26. The van der Waals surface area contributed by atoms with Crippen molar-refractivity contribution in [2.24, 2.45) is 0 Å². The van der Waals surface area contributed by atoms with Gasteiger partial charge in [-0.3, -0.25) is 13.8 Å². The van der Waals surface area contributed by atoms with E-state index < -0.39 is 0 Å². The molecule has 0 spiro atoms. The summed E-state index contributed by atoms with van der Waals surface area (Å²) in [6.07, 6.45) is 0.964. The van der Waals surface area contributed by atoms with Crippen LogP contribution in [0, 0.1) is 0 Å². The topological polar surface area (TPSA) is 52.2 Å². The second-order valence-electron chi connectivity index (χ2n) is 5.77. The van der Waals surface area contributed by atoms with Gasteiger partial charge < -0.3 is 0 Å². The molecule has 2 aromatic heterocycles. The zero-order valence-corrected chi connectivity index (χ0v) is 14.7. The third-order valence-corrected chi connectivity index (χ3v) is 5.19. The predicted octanol–water partition coefficient (Wildman–Crippen LogP) is 3.40. The fourth-order valence-electron chi connectivity index (χ4n) is 3.02. The summed E-state index contributed by atoms with van der Waals surface area (Å²) in [4.78, 5) is 12.7. The number of fused-ring (bicyclic) bond motifs is 3. The summed E-state index contributed by atoms with van der Waals surface area (Å²) in [6, 6.07) is 18.0. The molecule has 0 radical (unpaired) electrons. The van der Waals surface area contributed by atoms with Crippen molar-refractivity contribution in [1.29, 1.82) is 0 Å².